The highest BCUT2D eigenvalue weighted by molar-refractivity contribution is 7.89. The van der Waals surface area contributed by atoms with Gasteiger partial charge in [0.2, 0.25) is 10.0 Å². The summed E-state index contributed by atoms with van der Waals surface area (Å²) in [5, 5.41) is 0. The molecule has 1 saturated heterocycles. The van der Waals surface area contributed by atoms with Crippen molar-refractivity contribution in [2.75, 3.05) is 40.5 Å². The van der Waals surface area contributed by atoms with E-state index >= 15 is 0 Å². The van der Waals surface area contributed by atoms with Gasteiger partial charge < -0.3 is 14.4 Å². The Morgan fingerprint density at radius 3 is 2.59 bits per heavy atom. The van der Waals surface area contributed by atoms with Crippen molar-refractivity contribution in [1.29, 1.82) is 0 Å². The predicted octanol–water partition coefficient (Wildman–Crippen LogP) is 2.13. The second kappa shape index (κ2) is 8.89. The SMILES string of the molecule is COc1ccccc1CN(C)C(=O)c1cc(S(=O)(=O)N2CCOCC2)ccc1F. The number of amides is 1. The van der Waals surface area contributed by atoms with Crippen LogP contribution in [0.4, 0.5) is 4.39 Å². The van der Waals surface area contributed by atoms with Crippen LogP contribution in [0.3, 0.4) is 0 Å². The maximum absolute atomic E-state index is 14.4. The molecule has 0 radical (unpaired) electrons. The lowest BCUT2D eigenvalue weighted by Crippen LogP contribution is -2.40. The first kappa shape index (κ1) is 21.2. The molecule has 1 aliphatic rings. The molecular weight excluding hydrogens is 399 g/mol. The Labute approximate surface area is 169 Å². The summed E-state index contributed by atoms with van der Waals surface area (Å²) < 4.78 is 51.8. The molecule has 1 amide bonds. The molecule has 29 heavy (non-hydrogen) atoms. The molecule has 0 aliphatic carbocycles. The fourth-order valence-electron chi connectivity index (χ4n) is 3.13. The molecule has 0 unspecified atom stereocenters. The van der Waals surface area contributed by atoms with Crippen LogP contribution in [0, 0.1) is 5.82 Å². The number of hydrogen-bond donors (Lipinski definition) is 0. The Kier molecular flexibility index (Phi) is 6.51. The average Bonchev–Trinajstić information content (AvgIpc) is 2.74. The first-order chi connectivity index (χ1) is 13.8. The predicted molar refractivity (Wildman–Crippen MR) is 105 cm³/mol. The van der Waals surface area contributed by atoms with E-state index in [1.54, 1.807) is 12.1 Å². The molecule has 0 bridgehead atoms. The van der Waals surface area contributed by atoms with E-state index in [1.165, 1.54) is 29.4 Å². The van der Waals surface area contributed by atoms with Crippen molar-refractivity contribution in [1.82, 2.24) is 9.21 Å². The largest absolute Gasteiger partial charge is 0.496 e. The zero-order valence-electron chi connectivity index (χ0n) is 16.3. The van der Waals surface area contributed by atoms with Gasteiger partial charge in [-0.1, -0.05) is 18.2 Å². The minimum absolute atomic E-state index is 0.116. The number of sulfonamides is 1. The van der Waals surface area contributed by atoms with Crippen molar-refractivity contribution >= 4 is 15.9 Å². The minimum atomic E-state index is -3.83. The van der Waals surface area contributed by atoms with Gasteiger partial charge in [-0.05, 0) is 24.3 Å². The van der Waals surface area contributed by atoms with E-state index in [-0.39, 0.29) is 30.1 Å². The highest BCUT2D eigenvalue weighted by atomic mass is 32.2. The zero-order valence-corrected chi connectivity index (χ0v) is 17.1. The Morgan fingerprint density at radius 2 is 1.90 bits per heavy atom. The molecule has 0 aromatic heterocycles. The molecule has 0 spiro atoms. The summed E-state index contributed by atoms with van der Waals surface area (Å²) in [5.41, 5.74) is 0.458. The van der Waals surface area contributed by atoms with Gasteiger partial charge in [0.05, 0.1) is 30.8 Å². The number of rotatable bonds is 6. The maximum atomic E-state index is 14.4. The fraction of sp³-hybridized carbons (Fsp3) is 0.350. The molecular formula is C20H23FN2O5S. The molecule has 2 aromatic carbocycles. The first-order valence-corrected chi connectivity index (χ1v) is 10.5. The number of benzene rings is 2. The molecule has 0 atom stereocenters. The van der Waals surface area contributed by atoms with E-state index < -0.39 is 21.7 Å². The number of carbonyl (C=O) groups excluding carboxylic acids is 1. The minimum Gasteiger partial charge on any atom is -0.496 e. The van der Waals surface area contributed by atoms with E-state index in [4.69, 9.17) is 9.47 Å². The lowest BCUT2D eigenvalue weighted by molar-refractivity contribution is 0.0730. The summed E-state index contributed by atoms with van der Waals surface area (Å²) in [6.07, 6.45) is 0. The molecule has 1 heterocycles. The lowest BCUT2D eigenvalue weighted by Gasteiger charge is -2.26. The van der Waals surface area contributed by atoms with Gasteiger partial charge in [0.25, 0.3) is 5.91 Å². The Morgan fingerprint density at radius 1 is 1.21 bits per heavy atom. The molecule has 0 N–H and O–H groups in total. The van der Waals surface area contributed by atoms with Gasteiger partial charge in [0, 0.05) is 32.2 Å². The number of carbonyl (C=O) groups is 1. The molecule has 2 aromatic rings. The van der Waals surface area contributed by atoms with E-state index in [9.17, 15) is 17.6 Å². The van der Waals surface area contributed by atoms with Crippen LogP contribution in [0.25, 0.3) is 0 Å². The van der Waals surface area contributed by atoms with Gasteiger partial charge in [-0.2, -0.15) is 4.31 Å². The van der Waals surface area contributed by atoms with Crippen LogP contribution >= 0.6 is 0 Å². The van der Waals surface area contributed by atoms with Crippen molar-refractivity contribution in [2.24, 2.45) is 0 Å². The number of halogens is 1. The lowest BCUT2D eigenvalue weighted by atomic mass is 10.1. The van der Waals surface area contributed by atoms with Crippen molar-refractivity contribution in [3.8, 4) is 5.75 Å². The summed E-state index contributed by atoms with van der Waals surface area (Å²) in [7, 11) is -0.781. The number of nitrogens with zero attached hydrogens (tertiary/aromatic N) is 2. The topological polar surface area (TPSA) is 76.2 Å². The van der Waals surface area contributed by atoms with E-state index in [2.05, 4.69) is 0 Å². The summed E-state index contributed by atoms with van der Waals surface area (Å²) in [6, 6.07) is 10.5. The summed E-state index contributed by atoms with van der Waals surface area (Å²) in [5.74, 6) is -0.786. The molecule has 0 saturated carbocycles. The number of para-hydroxylation sites is 1. The Balaban J connectivity index is 1.86. The second-order valence-electron chi connectivity index (χ2n) is 6.63. The van der Waals surface area contributed by atoms with Gasteiger partial charge in [-0.3, -0.25) is 4.79 Å². The monoisotopic (exact) mass is 422 g/mol. The Hall–Kier alpha value is -2.49. The van der Waals surface area contributed by atoms with E-state index in [0.29, 0.717) is 19.0 Å². The van der Waals surface area contributed by atoms with E-state index in [0.717, 1.165) is 17.7 Å². The maximum Gasteiger partial charge on any atom is 0.256 e. The third kappa shape index (κ3) is 4.58. The van der Waals surface area contributed by atoms with Gasteiger partial charge in [0.1, 0.15) is 11.6 Å². The Bertz CT molecular complexity index is 990. The normalized spacial score (nSPS) is 15.1. The molecule has 1 aliphatic heterocycles. The summed E-state index contributed by atoms with van der Waals surface area (Å²) in [4.78, 5) is 14.0. The molecule has 3 rings (SSSR count). The second-order valence-corrected chi connectivity index (χ2v) is 8.57. The number of ether oxygens (including phenoxy) is 2. The third-order valence-corrected chi connectivity index (χ3v) is 6.62. The third-order valence-electron chi connectivity index (χ3n) is 4.72. The van der Waals surface area contributed by atoms with Crippen LogP contribution in [0.2, 0.25) is 0 Å². The van der Waals surface area contributed by atoms with Gasteiger partial charge in [0.15, 0.2) is 0 Å². The highest BCUT2D eigenvalue weighted by Crippen LogP contribution is 2.23. The summed E-state index contributed by atoms with van der Waals surface area (Å²) >= 11 is 0. The van der Waals surface area contributed by atoms with Crippen LogP contribution in [0.5, 0.6) is 5.75 Å². The average molecular weight is 422 g/mol. The molecule has 9 heteroatoms. The molecule has 156 valence electrons. The van der Waals surface area contributed by atoms with Crippen LogP contribution in [-0.4, -0.2) is 64.0 Å². The van der Waals surface area contributed by atoms with Gasteiger partial charge >= 0.3 is 0 Å². The highest BCUT2D eigenvalue weighted by Gasteiger charge is 2.28. The van der Waals surface area contributed by atoms with Crippen LogP contribution in [0.15, 0.2) is 47.4 Å². The van der Waals surface area contributed by atoms with Crippen LogP contribution in [-0.2, 0) is 21.3 Å². The molecule has 1 fully saturated rings. The quantitative estimate of drug-likeness (QED) is 0.713. The zero-order chi connectivity index (χ0) is 21.0. The van der Waals surface area contributed by atoms with Crippen LogP contribution < -0.4 is 4.74 Å². The number of morpholine rings is 1. The standard InChI is InChI=1S/C20H23FN2O5S/c1-22(14-15-5-3-4-6-19(15)27-2)20(24)17-13-16(7-8-18(17)21)29(25,26)23-9-11-28-12-10-23/h3-8,13H,9-12,14H2,1-2H3. The number of hydrogen-bond acceptors (Lipinski definition) is 5. The molecule has 7 nitrogen and oxygen atoms in total. The van der Waals surface area contributed by atoms with Gasteiger partial charge in [-0.25, -0.2) is 12.8 Å². The van der Waals surface area contributed by atoms with Crippen molar-refractivity contribution in [3.63, 3.8) is 0 Å². The van der Waals surface area contributed by atoms with Crippen molar-refractivity contribution < 1.29 is 27.1 Å². The smallest absolute Gasteiger partial charge is 0.256 e. The van der Waals surface area contributed by atoms with Crippen LogP contribution in [0.1, 0.15) is 15.9 Å². The van der Waals surface area contributed by atoms with Gasteiger partial charge in [-0.15, -0.1) is 0 Å². The first-order valence-electron chi connectivity index (χ1n) is 9.09. The van der Waals surface area contributed by atoms with Crippen molar-refractivity contribution in [2.45, 2.75) is 11.4 Å². The fourth-order valence-corrected chi connectivity index (χ4v) is 4.57. The van der Waals surface area contributed by atoms with Crippen molar-refractivity contribution in [3.05, 3.63) is 59.4 Å². The van der Waals surface area contributed by atoms with E-state index in [1.807, 2.05) is 12.1 Å². The summed E-state index contributed by atoms with van der Waals surface area (Å²) in [6.45, 7) is 1.22. The number of methoxy groups -OCH3 is 1.